The molecule has 0 unspecified atom stereocenters. The first-order valence-electron chi connectivity index (χ1n) is 8.11. The van der Waals surface area contributed by atoms with Gasteiger partial charge in [-0.25, -0.2) is 14.2 Å². The topological polar surface area (TPSA) is 79.4 Å². The van der Waals surface area contributed by atoms with Crippen LogP contribution in [-0.2, 0) is 16.2 Å². The minimum absolute atomic E-state index is 0.0573. The monoisotopic (exact) mass is 443 g/mol. The highest BCUT2D eigenvalue weighted by molar-refractivity contribution is 9.15. The molecule has 6 nitrogen and oxygen atoms in total. The van der Waals surface area contributed by atoms with Gasteiger partial charge in [0.05, 0.1) is 22.7 Å². The van der Waals surface area contributed by atoms with Crippen LogP contribution in [0.5, 0.6) is 0 Å². The zero-order valence-corrected chi connectivity index (χ0v) is 17.9. The van der Waals surface area contributed by atoms with Crippen molar-refractivity contribution in [1.29, 1.82) is 0 Å². The average molecular weight is 444 g/mol. The van der Waals surface area contributed by atoms with Gasteiger partial charge in [0.2, 0.25) is 0 Å². The highest BCUT2D eigenvalue weighted by atomic mass is 79.9. The van der Waals surface area contributed by atoms with Gasteiger partial charge in [0, 0.05) is 20.9 Å². The molecule has 0 amide bonds. The number of fused-ring (bicyclic) bond motifs is 1. The number of carbonyl (C=O) groups excluding carboxylic acids is 1. The molecule has 142 valence electrons. The van der Waals surface area contributed by atoms with Crippen LogP contribution in [0, 0.1) is 5.82 Å². The third-order valence-corrected chi connectivity index (χ3v) is 6.12. The number of benzene rings is 1. The summed E-state index contributed by atoms with van der Waals surface area (Å²) in [6.45, 7) is 7.56. The second-order valence-corrected chi connectivity index (χ2v) is 13.5. The molecule has 0 spiro atoms. The molecule has 1 aromatic carbocycles. The summed E-state index contributed by atoms with van der Waals surface area (Å²) in [5.41, 5.74) is 6.43. The van der Waals surface area contributed by atoms with Crippen molar-refractivity contribution in [3.63, 3.8) is 0 Å². The quantitative estimate of drug-likeness (QED) is 0.398. The Labute approximate surface area is 161 Å². The van der Waals surface area contributed by atoms with Gasteiger partial charge in [-0.15, -0.1) is 0 Å². The second-order valence-electron chi connectivity index (χ2n) is 7.04. The Morgan fingerprint density at radius 2 is 2.12 bits per heavy atom. The van der Waals surface area contributed by atoms with Gasteiger partial charge in [0.25, 0.3) is 0 Å². The van der Waals surface area contributed by atoms with E-state index in [1.807, 2.05) is 0 Å². The van der Waals surface area contributed by atoms with Gasteiger partial charge in [0.15, 0.2) is 5.82 Å². The number of ether oxygens (including phenoxy) is 2. The predicted molar refractivity (Wildman–Crippen MR) is 106 cm³/mol. The van der Waals surface area contributed by atoms with Gasteiger partial charge in [-0.05, 0) is 34.1 Å². The number of nitrogens with two attached hydrogens (primary N) is 1. The molecule has 0 fully saturated rings. The molecular formula is C17H23BrFN3O3Si. The minimum Gasteiger partial charge on any atom is -0.465 e. The van der Waals surface area contributed by atoms with Gasteiger partial charge < -0.3 is 15.2 Å². The number of halogens is 2. The number of methoxy groups -OCH3 is 1. The standard InChI is InChI=1S/C17H23BrFN3O3Si/c1-24-17(23)12-7-11(19)8-14-15(12)21-16(13(18)9-20)22(14)10-25-5-6-26(2,3)4/h7-9H,5-6,10,20H2,1-4H3. The SMILES string of the molecule is COC(=O)c1cc(F)cc2c1nc(C(Br)=CN)n2COCC[Si](C)(C)C. The summed E-state index contributed by atoms with van der Waals surface area (Å²) in [6.07, 6.45) is 1.34. The Hall–Kier alpha value is -1.71. The normalized spacial score (nSPS) is 12.6. The van der Waals surface area contributed by atoms with E-state index in [9.17, 15) is 9.18 Å². The maximum absolute atomic E-state index is 14.1. The zero-order chi connectivity index (χ0) is 19.5. The smallest absolute Gasteiger partial charge is 0.340 e. The number of rotatable bonds is 7. The van der Waals surface area contributed by atoms with Crippen molar-refractivity contribution in [3.05, 3.63) is 35.5 Å². The van der Waals surface area contributed by atoms with Crippen LogP contribution in [0.15, 0.2) is 18.3 Å². The summed E-state index contributed by atoms with van der Waals surface area (Å²) in [5, 5.41) is 0. The first kappa shape index (κ1) is 20.6. The summed E-state index contributed by atoms with van der Waals surface area (Å²) in [4.78, 5) is 16.4. The van der Waals surface area contributed by atoms with Gasteiger partial charge in [-0.3, -0.25) is 4.57 Å². The number of hydrogen-bond donors (Lipinski definition) is 1. The Bertz CT molecular complexity index is 846. The molecule has 0 atom stereocenters. The molecule has 0 aliphatic heterocycles. The highest BCUT2D eigenvalue weighted by Crippen LogP contribution is 2.28. The largest absolute Gasteiger partial charge is 0.465 e. The molecule has 0 saturated carbocycles. The molecule has 9 heteroatoms. The van der Waals surface area contributed by atoms with Crippen molar-refractivity contribution in [2.24, 2.45) is 5.73 Å². The molecule has 2 aromatic rings. The lowest BCUT2D eigenvalue weighted by molar-refractivity contribution is 0.0602. The maximum atomic E-state index is 14.1. The van der Waals surface area contributed by atoms with Crippen molar-refractivity contribution < 1.29 is 18.7 Å². The Morgan fingerprint density at radius 3 is 2.69 bits per heavy atom. The number of imidazole rings is 1. The van der Waals surface area contributed by atoms with E-state index in [-0.39, 0.29) is 12.3 Å². The number of esters is 1. The number of aromatic nitrogens is 2. The lowest BCUT2D eigenvalue weighted by atomic mass is 10.2. The fourth-order valence-corrected chi connectivity index (χ4v) is 3.44. The van der Waals surface area contributed by atoms with Crippen molar-refractivity contribution in [1.82, 2.24) is 9.55 Å². The Balaban J connectivity index is 2.48. The van der Waals surface area contributed by atoms with Crippen molar-refractivity contribution >= 4 is 45.5 Å². The third kappa shape index (κ3) is 4.71. The molecule has 26 heavy (non-hydrogen) atoms. The second kappa shape index (κ2) is 8.32. The fraction of sp³-hybridized carbons (Fsp3) is 0.412. The summed E-state index contributed by atoms with van der Waals surface area (Å²) in [5.74, 6) is -0.759. The van der Waals surface area contributed by atoms with Crippen LogP contribution in [-0.4, -0.2) is 37.3 Å². The van der Waals surface area contributed by atoms with E-state index < -0.39 is 19.9 Å². The molecule has 1 heterocycles. The van der Waals surface area contributed by atoms with Gasteiger partial charge in [-0.2, -0.15) is 0 Å². The molecule has 0 radical (unpaired) electrons. The third-order valence-electron chi connectivity index (χ3n) is 3.80. The number of nitrogens with zero attached hydrogens (tertiary/aromatic N) is 2. The molecule has 0 saturated heterocycles. The van der Waals surface area contributed by atoms with E-state index in [1.165, 1.54) is 19.4 Å². The van der Waals surface area contributed by atoms with Crippen LogP contribution in [0.4, 0.5) is 4.39 Å². The summed E-state index contributed by atoms with van der Waals surface area (Å²) < 4.78 is 26.8. The molecular weight excluding hydrogens is 421 g/mol. The average Bonchev–Trinajstić information content (AvgIpc) is 2.94. The lowest BCUT2D eigenvalue weighted by Gasteiger charge is -2.16. The Morgan fingerprint density at radius 1 is 1.42 bits per heavy atom. The predicted octanol–water partition coefficient (Wildman–Crippen LogP) is 3.93. The Kier molecular flexibility index (Phi) is 6.59. The van der Waals surface area contributed by atoms with E-state index in [0.717, 1.165) is 12.1 Å². The van der Waals surface area contributed by atoms with E-state index in [4.69, 9.17) is 15.2 Å². The van der Waals surface area contributed by atoms with Crippen molar-refractivity contribution in [2.45, 2.75) is 32.4 Å². The van der Waals surface area contributed by atoms with Crippen LogP contribution < -0.4 is 5.73 Å². The molecule has 0 bridgehead atoms. The van der Waals surface area contributed by atoms with Crippen LogP contribution in [0.25, 0.3) is 15.5 Å². The summed E-state index contributed by atoms with van der Waals surface area (Å²) in [6, 6.07) is 3.43. The van der Waals surface area contributed by atoms with E-state index >= 15 is 0 Å². The van der Waals surface area contributed by atoms with E-state index in [0.29, 0.717) is 27.9 Å². The van der Waals surface area contributed by atoms with E-state index in [1.54, 1.807) is 4.57 Å². The highest BCUT2D eigenvalue weighted by Gasteiger charge is 2.21. The molecule has 2 rings (SSSR count). The van der Waals surface area contributed by atoms with Crippen molar-refractivity contribution in [3.8, 4) is 0 Å². The maximum Gasteiger partial charge on any atom is 0.340 e. The van der Waals surface area contributed by atoms with Gasteiger partial charge in [-0.1, -0.05) is 19.6 Å². The van der Waals surface area contributed by atoms with Crippen LogP contribution in [0.1, 0.15) is 16.2 Å². The lowest BCUT2D eigenvalue weighted by Crippen LogP contribution is -2.22. The fourth-order valence-electron chi connectivity index (χ4n) is 2.38. The molecule has 2 N–H and O–H groups in total. The van der Waals surface area contributed by atoms with Gasteiger partial charge >= 0.3 is 5.97 Å². The number of carbonyl (C=O) groups is 1. The van der Waals surface area contributed by atoms with Gasteiger partial charge in [0.1, 0.15) is 18.1 Å². The van der Waals surface area contributed by atoms with E-state index in [2.05, 4.69) is 40.6 Å². The molecule has 0 aliphatic rings. The number of hydrogen-bond acceptors (Lipinski definition) is 5. The summed E-state index contributed by atoms with van der Waals surface area (Å²) >= 11 is 3.35. The summed E-state index contributed by atoms with van der Waals surface area (Å²) in [7, 11) is 0.0175. The van der Waals surface area contributed by atoms with Crippen molar-refractivity contribution in [2.75, 3.05) is 13.7 Å². The van der Waals surface area contributed by atoms with Crippen LogP contribution in [0.3, 0.4) is 0 Å². The minimum atomic E-state index is -1.22. The van der Waals surface area contributed by atoms with Crippen LogP contribution >= 0.6 is 15.9 Å². The first-order valence-corrected chi connectivity index (χ1v) is 12.6. The molecule has 1 aromatic heterocycles. The molecule has 0 aliphatic carbocycles. The van der Waals surface area contributed by atoms with Crippen LogP contribution in [0.2, 0.25) is 25.7 Å². The first-order chi connectivity index (χ1) is 12.2. The zero-order valence-electron chi connectivity index (χ0n) is 15.3.